The first-order chi connectivity index (χ1) is 15.5. The van der Waals surface area contributed by atoms with Gasteiger partial charge in [0.2, 0.25) is 5.91 Å². The van der Waals surface area contributed by atoms with E-state index in [0.29, 0.717) is 55.6 Å². The molecule has 170 valence electrons. The van der Waals surface area contributed by atoms with Crippen molar-refractivity contribution in [1.82, 2.24) is 19.8 Å². The Kier molecular flexibility index (Phi) is 6.96. The van der Waals surface area contributed by atoms with E-state index in [2.05, 4.69) is 20.2 Å². The van der Waals surface area contributed by atoms with Crippen LogP contribution in [0.1, 0.15) is 34.2 Å². The molecule has 2 aromatic rings. The van der Waals surface area contributed by atoms with Crippen LogP contribution in [-0.2, 0) is 9.53 Å². The quantitative estimate of drug-likeness (QED) is 0.732. The fourth-order valence-electron chi connectivity index (χ4n) is 4.03. The predicted molar refractivity (Wildman–Crippen MR) is 119 cm³/mol. The summed E-state index contributed by atoms with van der Waals surface area (Å²) in [7, 11) is 1.60. The van der Waals surface area contributed by atoms with Gasteiger partial charge in [-0.2, -0.15) is 0 Å². The Bertz CT molecular complexity index is 959. The zero-order valence-corrected chi connectivity index (χ0v) is 18.5. The first kappa shape index (κ1) is 22.2. The van der Waals surface area contributed by atoms with Crippen LogP contribution in [-0.4, -0.2) is 84.6 Å². The standard InChI is InChI=1S/C23H29N5O4/c1-16-20(23(30)26-18-3-5-19(31-2)6-4-18)13-24-22(25-16)17-7-8-28(14-17)21(29)15-27-9-11-32-12-10-27/h3-6,13,17H,7-12,14-15H2,1-2H3,(H,26,30). The van der Waals surface area contributed by atoms with Crippen LogP contribution in [0.15, 0.2) is 30.5 Å². The molecule has 2 aliphatic rings. The number of rotatable bonds is 6. The monoisotopic (exact) mass is 439 g/mol. The van der Waals surface area contributed by atoms with Gasteiger partial charge in [-0.25, -0.2) is 9.97 Å². The molecule has 2 fully saturated rings. The van der Waals surface area contributed by atoms with Gasteiger partial charge in [-0.3, -0.25) is 14.5 Å². The number of anilines is 1. The molecule has 2 saturated heterocycles. The molecule has 0 radical (unpaired) electrons. The lowest BCUT2D eigenvalue weighted by Gasteiger charge is -2.28. The number of hydrogen-bond donors (Lipinski definition) is 1. The van der Waals surface area contributed by atoms with Gasteiger partial charge in [0, 0.05) is 44.0 Å². The van der Waals surface area contributed by atoms with Crippen LogP contribution in [0, 0.1) is 6.92 Å². The summed E-state index contributed by atoms with van der Waals surface area (Å²) in [6.07, 6.45) is 2.40. The van der Waals surface area contributed by atoms with Crippen molar-refractivity contribution < 1.29 is 19.1 Å². The second-order valence-electron chi connectivity index (χ2n) is 8.12. The highest BCUT2D eigenvalue weighted by molar-refractivity contribution is 6.04. The third kappa shape index (κ3) is 5.23. The summed E-state index contributed by atoms with van der Waals surface area (Å²) in [5, 5.41) is 2.86. The third-order valence-electron chi connectivity index (χ3n) is 5.96. The smallest absolute Gasteiger partial charge is 0.259 e. The Morgan fingerprint density at radius 2 is 1.94 bits per heavy atom. The van der Waals surface area contributed by atoms with Crippen LogP contribution in [0.5, 0.6) is 5.75 Å². The second-order valence-corrected chi connectivity index (χ2v) is 8.12. The molecule has 32 heavy (non-hydrogen) atoms. The van der Waals surface area contributed by atoms with Crippen molar-refractivity contribution in [3.8, 4) is 5.75 Å². The van der Waals surface area contributed by atoms with Gasteiger partial charge in [0.15, 0.2) is 0 Å². The maximum atomic E-state index is 12.7. The van der Waals surface area contributed by atoms with Gasteiger partial charge in [-0.1, -0.05) is 0 Å². The number of benzene rings is 1. The number of amides is 2. The molecule has 0 saturated carbocycles. The van der Waals surface area contributed by atoms with Crippen molar-refractivity contribution in [2.45, 2.75) is 19.3 Å². The largest absolute Gasteiger partial charge is 0.497 e. The predicted octanol–water partition coefficient (Wildman–Crippen LogP) is 1.69. The average molecular weight is 440 g/mol. The molecular formula is C23H29N5O4. The molecule has 0 spiro atoms. The Hall–Kier alpha value is -3.04. The molecule has 1 aromatic heterocycles. The van der Waals surface area contributed by atoms with E-state index in [4.69, 9.17) is 9.47 Å². The lowest BCUT2D eigenvalue weighted by Crippen LogP contribution is -2.44. The van der Waals surface area contributed by atoms with Gasteiger partial charge in [0.05, 0.1) is 38.1 Å². The van der Waals surface area contributed by atoms with E-state index in [1.807, 2.05) is 11.8 Å². The summed E-state index contributed by atoms with van der Waals surface area (Å²) in [6, 6.07) is 7.13. The molecule has 1 N–H and O–H groups in total. The third-order valence-corrected chi connectivity index (χ3v) is 5.96. The van der Waals surface area contributed by atoms with Crippen molar-refractivity contribution in [2.24, 2.45) is 0 Å². The van der Waals surface area contributed by atoms with Crippen LogP contribution >= 0.6 is 0 Å². The van der Waals surface area contributed by atoms with E-state index in [1.165, 1.54) is 0 Å². The van der Waals surface area contributed by atoms with E-state index in [9.17, 15) is 9.59 Å². The second kappa shape index (κ2) is 10.1. The van der Waals surface area contributed by atoms with Crippen molar-refractivity contribution in [1.29, 1.82) is 0 Å². The normalized spacial score (nSPS) is 19.1. The highest BCUT2D eigenvalue weighted by Crippen LogP contribution is 2.25. The van der Waals surface area contributed by atoms with Crippen molar-refractivity contribution in [3.63, 3.8) is 0 Å². The van der Waals surface area contributed by atoms with Crippen LogP contribution in [0.2, 0.25) is 0 Å². The van der Waals surface area contributed by atoms with Crippen LogP contribution in [0.3, 0.4) is 0 Å². The minimum absolute atomic E-state index is 0.0843. The van der Waals surface area contributed by atoms with Gasteiger partial charge >= 0.3 is 0 Å². The lowest BCUT2D eigenvalue weighted by atomic mass is 10.1. The Morgan fingerprint density at radius 1 is 1.19 bits per heavy atom. The number of methoxy groups -OCH3 is 1. The van der Waals surface area contributed by atoms with Gasteiger partial charge < -0.3 is 19.7 Å². The number of morpholine rings is 1. The lowest BCUT2D eigenvalue weighted by molar-refractivity contribution is -0.132. The number of aryl methyl sites for hydroxylation is 1. The number of hydrogen-bond acceptors (Lipinski definition) is 7. The molecule has 9 nitrogen and oxygen atoms in total. The Balaban J connectivity index is 1.35. The number of carbonyl (C=O) groups is 2. The zero-order valence-electron chi connectivity index (χ0n) is 18.5. The summed E-state index contributed by atoms with van der Waals surface area (Å²) in [5.74, 6) is 1.38. The minimum Gasteiger partial charge on any atom is -0.497 e. The molecule has 2 amide bonds. The molecular weight excluding hydrogens is 410 g/mol. The molecule has 9 heteroatoms. The summed E-state index contributed by atoms with van der Waals surface area (Å²) in [4.78, 5) is 38.4. The van der Waals surface area contributed by atoms with Crippen LogP contribution in [0.25, 0.3) is 0 Å². The van der Waals surface area contributed by atoms with Crippen molar-refractivity contribution in [3.05, 3.63) is 47.5 Å². The van der Waals surface area contributed by atoms with E-state index < -0.39 is 0 Å². The minimum atomic E-state index is -0.257. The van der Waals surface area contributed by atoms with E-state index >= 15 is 0 Å². The average Bonchev–Trinajstić information content (AvgIpc) is 3.31. The van der Waals surface area contributed by atoms with Crippen molar-refractivity contribution >= 4 is 17.5 Å². The Labute approximate surface area is 187 Å². The maximum absolute atomic E-state index is 12.7. The van der Waals surface area contributed by atoms with Crippen molar-refractivity contribution in [2.75, 3.05) is 58.4 Å². The summed E-state index contributed by atoms with van der Waals surface area (Å²) < 4.78 is 10.5. The van der Waals surface area contributed by atoms with Gasteiger partial charge in [0.1, 0.15) is 11.6 Å². The molecule has 3 heterocycles. The summed E-state index contributed by atoms with van der Waals surface area (Å²) in [5.41, 5.74) is 1.73. The SMILES string of the molecule is COc1ccc(NC(=O)c2cnc(C3CCN(C(=O)CN4CCOCC4)C3)nc2C)cc1. The topological polar surface area (TPSA) is 96.9 Å². The number of carbonyl (C=O) groups excluding carboxylic acids is 2. The van der Waals surface area contributed by atoms with E-state index in [1.54, 1.807) is 37.6 Å². The fourth-order valence-corrected chi connectivity index (χ4v) is 4.03. The van der Waals surface area contributed by atoms with Gasteiger partial charge in [0.25, 0.3) is 5.91 Å². The molecule has 0 aliphatic carbocycles. The van der Waals surface area contributed by atoms with Gasteiger partial charge in [-0.15, -0.1) is 0 Å². The Morgan fingerprint density at radius 3 is 2.62 bits per heavy atom. The highest BCUT2D eigenvalue weighted by atomic mass is 16.5. The number of aromatic nitrogens is 2. The first-order valence-electron chi connectivity index (χ1n) is 10.9. The van der Waals surface area contributed by atoms with E-state index in [-0.39, 0.29) is 17.7 Å². The zero-order chi connectivity index (χ0) is 22.5. The number of nitrogens with zero attached hydrogens (tertiary/aromatic N) is 4. The van der Waals surface area contributed by atoms with Crippen LogP contribution in [0.4, 0.5) is 5.69 Å². The first-order valence-corrected chi connectivity index (χ1v) is 10.9. The number of likely N-dealkylation sites (tertiary alicyclic amines) is 1. The fraction of sp³-hybridized carbons (Fsp3) is 0.478. The maximum Gasteiger partial charge on any atom is 0.259 e. The number of ether oxygens (including phenoxy) is 2. The summed E-state index contributed by atoms with van der Waals surface area (Å²) >= 11 is 0. The molecule has 2 aliphatic heterocycles. The molecule has 1 unspecified atom stereocenters. The molecule has 4 rings (SSSR count). The van der Waals surface area contributed by atoms with Crippen LogP contribution < -0.4 is 10.1 Å². The molecule has 0 bridgehead atoms. The molecule has 1 aromatic carbocycles. The van der Waals surface area contributed by atoms with E-state index in [0.717, 1.165) is 25.3 Å². The molecule has 1 atom stereocenters. The van der Waals surface area contributed by atoms with Gasteiger partial charge in [-0.05, 0) is 37.6 Å². The highest BCUT2D eigenvalue weighted by Gasteiger charge is 2.30. The number of nitrogens with one attached hydrogen (secondary N) is 1. The summed E-state index contributed by atoms with van der Waals surface area (Å²) in [6.45, 7) is 6.51.